The van der Waals surface area contributed by atoms with Crippen molar-refractivity contribution in [3.8, 4) is 0 Å². The first-order valence-corrected chi connectivity index (χ1v) is 6.21. The van der Waals surface area contributed by atoms with E-state index in [2.05, 4.69) is 10.3 Å². The number of halogens is 3. The van der Waals surface area contributed by atoms with Gasteiger partial charge in [0.05, 0.1) is 0 Å². The molecule has 1 aromatic heterocycles. The second-order valence-corrected chi connectivity index (χ2v) is 4.27. The molecule has 5 heteroatoms. The van der Waals surface area contributed by atoms with Crippen LogP contribution >= 0.6 is 0 Å². The summed E-state index contributed by atoms with van der Waals surface area (Å²) < 4.78 is 36.5. The van der Waals surface area contributed by atoms with Gasteiger partial charge in [-0.25, -0.2) is 0 Å². The number of pyridine rings is 1. The summed E-state index contributed by atoms with van der Waals surface area (Å²) in [5.74, 6) is 0. The molecule has 1 rings (SSSR count). The smallest absolute Gasteiger partial charge is 0.314 e. The van der Waals surface area contributed by atoms with Gasteiger partial charge in [0.1, 0.15) is 0 Å². The molecule has 0 fully saturated rings. The van der Waals surface area contributed by atoms with E-state index in [0.717, 1.165) is 5.69 Å². The number of rotatable bonds is 7. The lowest BCUT2D eigenvalue weighted by atomic mass is 10.0. The summed E-state index contributed by atoms with van der Waals surface area (Å²) in [7, 11) is 0. The molecule has 102 valence electrons. The lowest BCUT2D eigenvalue weighted by Gasteiger charge is -2.18. The van der Waals surface area contributed by atoms with Gasteiger partial charge in [-0.15, -0.1) is 0 Å². The number of nitrogens with one attached hydrogen (secondary N) is 1. The highest BCUT2D eigenvalue weighted by Crippen LogP contribution is 2.23. The Morgan fingerprint density at radius 2 is 2.06 bits per heavy atom. The molecule has 0 saturated heterocycles. The topological polar surface area (TPSA) is 24.9 Å². The third-order valence-electron chi connectivity index (χ3n) is 2.74. The molecule has 0 aliphatic carbocycles. The zero-order chi connectivity index (χ0) is 13.4. The summed E-state index contributed by atoms with van der Waals surface area (Å²) in [4.78, 5) is 4.17. The van der Waals surface area contributed by atoms with Crippen molar-refractivity contribution >= 4 is 0 Å². The van der Waals surface area contributed by atoms with E-state index in [1.54, 1.807) is 6.20 Å². The Hall–Kier alpha value is -1.10. The molecule has 1 unspecified atom stereocenters. The van der Waals surface area contributed by atoms with Crippen LogP contribution < -0.4 is 5.32 Å². The van der Waals surface area contributed by atoms with E-state index in [4.69, 9.17) is 0 Å². The largest absolute Gasteiger partial charge is 0.389 e. The van der Waals surface area contributed by atoms with Gasteiger partial charge in [0.2, 0.25) is 0 Å². The van der Waals surface area contributed by atoms with Crippen LogP contribution in [-0.4, -0.2) is 23.7 Å². The van der Waals surface area contributed by atoms with Gasteiger partial charge in [0, 0.05) is 24.4 Å². The van der Waals surface area contributed by atoms with Crippen LogP contribution in [0.25, 0.3) is 0 Å². The fourth-order valence-corrected chi connectivity index (χ4v) is 1.84. The fraction of sp³-hybridized carbons (Fsp3) is 0.615. The molecule has 0 bridgehead atoms. The first-order valence-electron chi connectivity index (χ1n) is 6.21. The Balaban J connectivity index is 2.38. The van der Waals surface area contributed by atoms with Crippen molar-refractivity contribution in [2.24, 2.45) is 0 Å². The summed E-state index contributed by atoms with van der Waals surface area (Å²) in [6.45, 7) is 2.59. The molecule has 1 N–H and O–H groups in total. The molecule has 1 aromatic rings. The van der Waals surface area contributed by atoms with E-state index in [0.29, 0.717) is 19.4 Å². The van der Waals surface area contributed by atoms with Crippen LogP contribution in [0.3, 0.4) is 0 Å². The van der Waals surface area contributed by atoms with Crippen molar-refractivity contribution in [3.63, 3.8) is 0 Å². The molecule has 0 aliphatic heterocycles. The van der Waals surface area contributed by atoms with E-state index < -0.39 is 12.6 Å². The summed E-state index contributed by atoms with van der Waals surface area (Å²) in [6, 6.07) is 5.51. The average molecular weight is 260 g/mol. The molecular weight excluding hydrogens is 241 g/mol. The summed E-state index contributed by atoms with van der Waals surface area (Å²) >= 11 is 0. The number of aromatic nitrogens is 1. The second-order valence-electron chi connectivity index (χ2n) is 4.27. The third-order valence-corrected chi connectivity index (χ3v) is 2.74. The quantitative estimate of drug-likeness (QED) is 0.813. The summed E-state index contributed by atoms with van der Waals surface area (Å²) in [5.41, 5.74) is 0.924. The lowest BCUT2D eigenvalue weighted by molar-refractivity contribution is -0.136. The Kier molecular flexibility index (Phi) is 6.12. The minimum Gasteiger partial charge on any atom is -0.314 e. The Morgan fingerprint density at radius 1 is 1.28 bits per heavy atom. The molecule has 0 aromatic carbocycles. The van der Waals surface area contributed by atoms with Crippen LogP contribution in [0.4, 0.5) is 13.2 Å². The van der Waals surface area contributed by atoms with Crippen molar-refractivity contribution in [1.82, 2.24) is 10.3 Å². The molecule has 0 amide bonds. The molecular formula is C13H19F3N2. The van der Waals surface area contributed by atoms with Crippen LogP contribution in [-0.2, 0) is 6.42 Å². The highest BCUT2D eigenvalue weighted by molar-refractivity contribution is 5.03. The lowest BCUT2D eigenvalue weighted by Crippen LogP contribution is -2.31. The van der Waals surface area contributed by atoms with Gasteiger partial charge in [-0.2, -0.15) is 13.2 Å². The number of alkyl halides is 3. The maximum atomic E-state index is 12.2. The van der Waals surface area contributed by atoms with Crippen molar-refractivity contribution in [3.05, 3.63) is 30.1 Å². The molecule has 1 heterocycles. The molecule has 1 atom stereocenters. The van der Waals surface area contributed by atoms with Gasteiger partial charge in [-0.05, 0) is 37.9 Å². The normalized spacial score (nSPS) is 13.6. The fourth-order valence-electron chi connectivity index (χ4n) is 1.84. The third kappa shape index (κ3) is 6.59. The van der Waals surface area contributed by atoms with Crippen LogP contribution in [0.5, 0.6) is 0 Å². The van der Waals surface area contributed by atoms with Gasteiger partial charge >= 0.3 is 6.18 Å². The molecule has 18 heavy (non-hydrogen) atoms. The van der Waals surface area contributed by atoms with Gasteiger partial charge in [0.25, 0.3) is 0 Å². The number of hydrogen-bond acceptors (Lipinski definition) is 2. The SMILES string of the molecule is CCNC(CCc1ccccn1)CCC(F)(F)F. The zero-order valence-corrected chi connectivity index (χ0v) is 10.5. The van der Waals surface area contributed by atoms with E-state index in [1.807, 2.05) is 25.1 Å². The van der Waals surface area contributed by atoms with Crippen molar-refractivity contribution in [2.45, 2.75) is 44.8 Å². The van der Waals surface area contributed by atoms with E-state index >= 15 is 0 Å². The van der Waals surface area contributed by atoms with E-state index in [9.17, 15) is 13.2 Å². The maximum Gasteiger partial charge on any atom is 0.389 e. The van der Waals surface area contributed by atoms with Gasteiger partial charge in [-0.3, -0.25) is 4.98 Å². The number of aryl methyl sites for hydroxylation is 1. The Bertz CT molecular complexity index is 325. The molecule has 0 aliphatic rings. The van der Waals surface area contributed by atoms with Crippen LogP contribution in [0.1, 0.15) is 31.9 Å². The van der Waals surface area contributed by atoms with E-state index in [1.165, 1.54) is 0 Å². The summed E-state index contributed by atoms with van der Waals surface area (Å²) in [6.07, 6.45) is -1.58. The summed E-state index contributed by atoms with van der Waals surface area (Å²) in [5, 5.41) is 3.10. The maximum absolute atomic E-state index is 12.2. The van der Waals surface area contributed by atoms with Crippen LogP contribution in [0.2, 0.25) is 0 Å². The zero-order valence-electron chi connectivity index (χ0n) is 10.5. The van der Waals surface area contributed by atoms with Gasteiger partial charge in [0.15, 0.2) is 0 Å². The minimum absolute atomic E-state index is 0.0985. The average Bonchev–Trinajstić information content (AvgIpc) is 2.33. The van der Waals surface area contributed by atoms with Crippen LogP contribution in [0.15, 0.2) is 24.4 Å². The molecule has 0 spiro atoms. The van der Waals surface area contributed by atoms with Gasteiger partial charge < -0.3 is 5.32 Å². The standard InChI is InChI=1S/C13H19F3N2/c1-2-17-12(8-9-13(14,15)16)7-6-11-5-3-4-10-18-11/h3-5,10,12,17H,2,6-9H2,1H3. The highest BCUT2D eigenvalue weighted by atomic mass is 19.4. The Morgan fingerprint density at radius 3 is 2.61 bits per heavy atom. The van der Waals surface area contributed by atoms with Crippen LogP contribution in [0, 0.1) is 0 Å². The number of hydrogen-bond donors (Lipinski definition) is 1. The van der Waals surface area contributed by atoms with Gasteiger partial charge in [-0.1, -0.05) is 13.0 Å². The molecule has 0 radical (unpaired) electrons. The second kappa shape index (κ2) is 7.36. The minimum atomic E-state index is -4.07. The van der Waals surface area contributed by atoms with Crippen molar-refractivity contribution in [2.75, 3.05) is 6.54 Å². The van der Waals surface area contributed by atoms with E-state index in [-0.39, 0.29) is 12.5 Å². The highest BCUT2D eigenvalue weighted by Gasteiger charge is 2.28. The predicted octanol–water partition coefficient (Wildman–Crippen LogP) is 3.33. The van der Waals surface area contributed by atoms with Crippen molar-refractivity contribution in [1.29, 1.82) is 0 Å². The first kappa shape index (κ1) is 15.0. The predicted molar refractivity (Wildman–Crippen MR) is 65.3 cm³/mol. The monoisotopic (exact) mass is 260 g/mol. The Labute approximate surface area is 106 Å². The first-order chi connectivity index (χ1) is 8.51. The molecule has 0 saturated carbocycles. The number of nitrogens with zero attached hydrogens (tertiary/aromatic N) is 1. The van der Waals surface area contributed by atoms with Crippen molar-refractivity contribution < 1.29 is 13.2 Å². The molecule has 2 nitrogen and oxygen atoms in total.